The van der Waals surface area contributed by atoms with Gasteiger partial charge in [-0.25, -0.2) is 4.99 Å². The molecule has 0 heterocycles. The van der Waals surface area contributed by atoms with Crippen LogP contribution < -0.4 is 10.6 Å². The SMILES string of the molecule is CCCNC(=O)C(C)N=C(NC#N)SC. The molecule has 6 heteroatoms. The Kier molecular flexibility index (Phi) is 7.46. The van der Waals surface area contributed by atoms with Gasteiger partial charge in [0.2, 0.25) is 5.91 Å². The van der Waals surface area contributed by atoms with Crippen LogP contribution >= 0.6 is 11.8 Å². The molecule has 0 saturated heterocycles. The maximum Gasteiger partial charge on any atom is 0.244 e. The van der Waals surface area contributed by atoms with Crippen molar-refractivity contribution in [2.45, 2.75) is 26.3 Å². The smallest absolute Gasteiger partial charge is 0.244 e. The summed E-state index contributed by atoms with van der Waals surface area (Å²) in [5.74, 6) is -0.122. The fourth-order valence-corrected chi connectivity index (χ4v) is 1.23. The summed E-state index contributed by atoms with van der Waals surface area (Å²) in [5, 5.41) is 14.0. The highest BCUT2D eigenvalue weighted by atomic mass is 32.2. The summed E-state index contributed by atoms with van der Waals surface area (Å²) >= 11 is 1.30. The molecule has 0 spiro atoms. The van der Waals surface area contributed by atoms with Crippen LogP contribution in [-0.2, 0) is 4.79 Å². The Balaban J connectivity index is 4.24. The van der Waals surface area contributed by atoms with Gasteiger partial charge in [-0.3, -0.25) is 10.1 Å². The summed E-state index contributed by atoms with van der Waals surface area (Å²) in [4.78, 5) is 15.5. The third kappa shape index (κ3) is 5.96. The summed E-state index contributed by atoms with van der Waals surface area (Å²) in [6, 6.07) is -0.472. The van der Waals surface area contributed by atoms with Gasteiger partial charge in [0.1, 0.15) is 6.04 Å². The Morgan fingerprint density at radius 3 is 2.80 bits per heavy atom. The van der Waals surface area contributed by atoms with Crippen molar-refractivity contribution >= 4 is 22.8 Å². The Morgan fingerprint density at radius 2 is 2.33 bits per heavy atom. The molecule has 0 aromatic rings. The topological polar surface area (TPSA) is 77.3 Å². The van der Waals surface area contributed by atoms with E-state index in [4.69, 9.17) is 5.26 Å². The zero-order chi connectivity index (χ0) is 11.7. The minimum atomic E-state index is -0.472. The summed E-state index contributed by atoms with van der Waals surface area (Å²) in [6.45, 7) is 4.33. The van der Waals surface area contributed by atoms with E-state index in [1.165, 1.54) is 11.8 Å². The molecule has 15 heavy (non-hydrogen) atoms. The molecule has 0 radical (unpaired) electrons. The molecule has 0 bridgehead atoms. The molecule has 5 nitrogen and oxygen atoms in total. The van der Waals surface area contributed by atoms with E-state index in [-0.39, 0.29) is 5.91 Å². The van der Waals surface area contributed by atoms with Crippen LogP contribution in [0.4, 0.5) is 0 Å². The molecule has 1 unspecified atom stereocenters. The van der Waals surface area contributed by atoms with Crippen LogP contribution in [0.1, 0.15) is 20.3 Å². The van der Waals surface area contributed by atoms with E-state index in [9.17, 15) is 4.79 Å². The van der Waals surface area contributed by atoms with Gasteiger partial charge in [-0.1, -0.05) is 18.7 Å². The molecule has 0 saturated carbocycles. The molecule has 84 valence electrons. The zero-order valence-electron chi connectivity index (χ0n) is 9.20. The number of hydrogen-bond acceptors (Lipinski definition) is 4. The van der Waals surface area contributed by atoms with Crippen molar-refractivity contribution in [3.8, 4) is 6.19 Å². The number of nitriles is 1. The van der Waals surface area contributed by atoms with Gasteiger partial charge in [0.05, 0.1) is 0 Å². The summed E-state index contributed by atoms with van der Waals surface area (Å²) < 4.78 is 0. The largest absolute Gasteiger partial charge is 0.354 e. The number of hydrogen-bond donors (Lipinski definition) is 2. The number of carbonyl (C=O) groups excluding carboxylic acids is 1. The standard InChI is InChI=1S/C9H16N4OS/c1-4-5-11-8(14)7(2)13-9(15-3)12-6-10/h7H,4-5H2,1-3H3,(H,11,14)(H,12,13). The highest BCUT2D eigenvalue weighted by molar-refractivity contribution is 8.13. The van der Waals surface area contributed by atoms with E-state index >= 15 is 0 Å². The molecule has 0 aliphatic rings. The zero-order valence-corrected chi connectivity index (χ0v) is 10.0. The van der Waals surface area contributed by atoms with Crippen molar-refractivity contribution in [1.29, 1.82) is 5.26 Å². The number of carbonyl (C=O) groups is 1. The fraction of sp³-hybridized carbons (Fsp3) is 0.667. The lowest BCUT2D eigenvalue weighted by Gasteiger charge is -2.08. The average Bonchev–Trinajstić information content (AvgIpc) is 2.24. The molecule has 0 aliphatic carbocycles. The van der Waals surface area contributed by atoms with E-state index in [0.29, 0.717) is 11.7 Å². The number of amides is 1. The summed E-state index contributed by atoms with van der Waals surface area (Å²) in [6.07, 6.45) is 4.46. The van der Waals surface area contributed by atoms with Crippen LogP contribution in [0.5, 0.6) is 0 Å². The van der Waals surface area contributed by atoms with E-state index in [2.05, 4.69) is 15.6 Å². The second-order valence-electron chi connectivity index (χ2n) is 2.84. The monoisotopic (exact) mass is 228 g/mol. The summed E-state index contributed by atoms with van der Waals surface area (Å²) in [7, 11) is 0. The van der Waals surface area contributed by atoms with Gasteiger partial charge < -0.3 is 5.32 Å². The highest BCUT2D eigenvalue weighted by Gasteiger charge is 2.11. The molecular weight excluding hydrogens is 212 g/mol. The number of aliphatic imine (C=N–C) groups is 1. The number of nitrogens with zero attached hydrogens (tertiary/aromatic N) is 2. The van der Waals surface area contributed by atoms with Crippen LogP contribution in [0.25, 0.3) is 0 Å². The predicted molar refractivity (Wildman–Crippen MR) is 62.5 cm³/mol. The second kappa shape index (κ2) is 8.12. The lowest BCUT2D eigenvalue weighted by Crippen LogP contribution is -2.33. The molecule has 0 rings (SSSR count). The normalized spacial score (nSPS) is 12.8. The minimum Gasteiger partial charge on any atom is -0.354 e. The predicted octanol–water partition coefficient (Wildman–Crippen LogP) is 0.691. The number of rotatable bonds is 4. The van der Waals surface area contributed by atoms with Gasteiger partial charge in [0, 0.05) is 6.54 Å². The fourth-order valence-electron chi connectivity index (χ4n) is 0.814. The molecule has 0 aromatic heterocycles. The Bertz CT molecular complexity index is 272. The van der Waals surface area contributed by atoms with Crippen molar-refractivity contribution < 1.29 is 4.79 Å². The van der Waals surface area contributed by atoms with E-state index in [1.54, 1.807) is 19.4 Å². The first kappa shape index (κ1) is 13.8. The lowest BCUT2D eigenvalue weighted by molar-refractivity contribution is -0.121. The van der Waals surface area contributed by atoms with Crippen molar-refractivity contribution in [3.05, 3.63) is 0 Å². The summed E-state index contributed by atoms with van der Waals surface area (Å²) in [5.41, 5.74) is 0. The maximum absolute atomic E-state index is 11.4. The van der Waals surface area contributed by atoms with Gasteiger partial charge in [-0.05, 0) is 19.6 Å². The first-order valence-corrected chi connectivity index (χ1v) is 5.92. The van der Waals surface area contributed by atoms with Gasteiger partial charge in [0.25, 0.3) is 0 Å². The minimum absolute atomic E-state index is 0.122. The van der Waals surface area contributed by atoms with Gasteiger partial charge >= 0.3 is 0 Å². The molecule has 0 aliphatic heterocycles. The third-order valence-electron chi connectivity index (χ3n) is 1.60. The van der Waals surface area contributed by atoms with Gasteiger partial charge in [0.15, 0.2) is 11.4 Å². The highest BCUT2D eigenvalue weighted by Crippen LogP contribution is 1.99. The van der Waals surface area contributed by atoms with E-state index in [0.717, 1.165) is 6.42 Å². The molecular formula is C9H16N4OS. The second-order valence-corrected chi connectivity index (χ2v) is 3.64. The van der Waals surface area contributed by atoms with Crippen LogP contribution in [0, 0.1) is 11.5 Å². The number of nitrogens with one attached hydrogen (secondary N) is 2. The van der Waals surface area contributed by atoms with E-state index in [1.807, 2.05) is 6.92 Å². The number of amidine groups is 1. The van der Waals surface area contributed by atoms with Crippen molar-refractivity contribution in [2.24, 2.45) is 4.99 Å². The van der Waals surface area contributed by atoms with Gasteiger partial charge in [-0.15, -0.1) is 0 Å². The van der Waals surface area contributed by atoms with Crippen molar-refractivity contribution in [3.63, 3.8) is 0 Å². The van der Waals surface area contributed by atoms with E-state index < -0.39 is 6.04 Å². The van der Waals surface area contributed by atoms with Crippen LogP contribution in [0.3, 0.4) is 0 Å². The van der Waals surface area contributed by atoms with Gasteiger partial charge in [-0.2, -0.15) is 5.26 Å². The quantitative estimate of drug-likeness (QED) is 0.321. The Hall–Kier alpha value is -1.22. The first-order valence-electron chi connectivity index (χ1n) is 4.70. The van der Waals surface area contributed by atoms with Crippen molar-refractivity contribution in [2.75, 3.05) is 12.8 Å². The molecule has 2 N–H and O–H groups in total. The van der Waals surface area contributed by atoms with Crippen LogP contribution in [-0.4, -0.2) is 29.9 Å². The molecule has 1 amide bonds. The third-order valence-corrected chi connectivity index (χ3v) is 2.19. The Morgan fingerprint density at radius 1 is 1.67 bits per heavy atom. The first-order chi connectivity index (χ1) is 7.15. The number of thioether (sulfide) groups is 1. The maximum atomic E-state index is 11.4. The van der Waals surface area contributed by atoms with Crippen LogP contribution in [0.15, 0.2) is 4.99 Å². The molecule has 1 atom stereocenters. The van der Waals surface area contributed by atoms with Crippen LogP contribution in [0.2, 0.25) is 0 Å². The van der Waals surface area contributed by atoms with Crippen molar-refractivity contribution in [1.82, 2.24) is 10.6 Å². The molecule has 0 aromatic carbocycles. The molecule has 0 fully saturated rings. The average molecular weight is 228 g/mol. The Labute approximate surface area is 94.3 Å². The lowest BCUT2D eigenvalue weighted by atomic mass is 10.3.